The summed E-state index contributed by atoms with van der Waals surface area (Å²) in [6.07, 6.45) is -3.68. The monoisotopic (exact) mass is 397 g/mol. The number of alkyl halides is 3. The zero-order valence-electron chi connectivity index (χ0n) is 15.4. The van der Waals surface area contributed by atoms with Crippen LogP contribution in [0.5, 0.6) is 0 Å². The molecule has 0 aliphatic heterocycles. The summed E-state index contributed by atoms with van der Waals surface area (Å²) in [6, 6.07) is 9.00. The van der Waals surface area contributed by atoms with Crippen LogP contribution in [-0.4, -0.2) is 18.1 Å². The van der Waals surface area contributed by atoms with Gasteiger partial charge < -0.3 is 5.32 Å². The summed E-state index contributed by atoms with van der Waals surface area (Å²) in [6.45, 7) is 3.94. The number of aryl methyl sites for hydroxylation is 2. The van der Waals surface area contributed by atoms with Crippen LogP contribution in [0.25, 0.3) is 0 Å². The van der Waals surface area contributed by atoms with E-state index in [0.717, 1.165) is 33.5 Å². The number of carbonyl (C=O) groups is 1. The standard InChI is InChI=1S/C19H22F3N3OS/c1-4-13-9-8-12(2)17(10-13)27-11-14-15(19(20,21)22)6-5-7-16(14)24-18(26)25(3)23/h5-10H,4,11,23H2,1-3H3,(H,24,26). The Bertz CT molecular complexity index is 822. The molecule has 0 saturated carbocycles. The number of thioether (sulfide) groups is 1. The van der Waals surface area contributed by atoms with Crippen molar-refractivity contribution in [1.82, 2.24) is 5.01 Å². The van der Waals surface area contributed by atoms with Gasteiger partial charge in [0.25, 0.3) is 0 Å². The molecule has 0 unspecified atom stereocenters. The van der Waals surface area contributed by atoms with Crippen molar-refractivity contribution < 1.29 is 18.0 Å². The van der Waals surface area contributed by atoms with Crippen molar-refractivity contribution in [2.24, 2.45) is 5.84 Å². The van der Waals surface area contributed by atoms with E-state index in [0.29, 0.717) is 0 Å². The minimum absolute atomic E-state index is 0.0199. The molecule has 146 valence electrons. The van der Waals surface area contributed by atoms with E-state index in [2.05, 4.69) is 5.32 Å². The summed E-state index contributed by atoms with van der Waals surface area (Å²) in [5.41, 5.74) is 1.46. The first kappa shape index (κ1) is 21.1. The van der Waals surface area contributed by atoms with Crippen LogP contribution in [0.2, 0.25) is 0 Å². The molecule has 0 fully saturated rings. The minimum Gasteiger partial charge on any atom is -0.306 e. The molecule has 2 amide bonds. The van der Waals surface area contributed by atoms with Gasteiger partial charge in [-0.3, -0.25) is 5.01 Å². The molecule has 2 aromatic rings. The van der Waals surface area contributed by atoms with E-state index >= 15 is 0 Å². The molecule has 0 spiro atoms. The molecule has 2 aromatic carbocycles. The molecule has 0 saturated heterocycles. The minimum atomic E-state index is -4.52. The van der Waals surface area contributed by atoms with Gasteiger partial charge in [0.05, 0.1) is 5.56 Å². The number of hydrazine groups is 1. The maximum Gasteiger partial charge on any atom is 0.416 e. The number of benzene rings is 2. The van der Waals surface area contributed by atoms with E-state index in [1.807, 2.05) is 32.0 Å². The molecule has 27 heavy (non-hydrogen) atoms. The second-order valence-electron chi connectivity index (χ2n) is 6.11. The van der Waals surface area contributed by atoms with Gasteiger partial charge in [-0.05, 0) is 48.2 Å². The fraction of sp³-hybridized carbons (Fsp3) is 0.316. The normalized spacial score (nSPS) is 11.4. The number of hydrogen-bond donors (Lipinski definition) is 2. The third kappa shape index (κ3) is 5.40. The quantitative estimate of drug-likeness (QED) is 0.315. The molecule has 0 aliphatic rings. The van der Waals surface area contributed by atoms with Crippen molar-refractivity contribution in [2.45, 2.75) is 37.1 Å². The highest BCUT2D eigenvalue weighted by atomic mass is 32.2. The fourth-order valence-electron chi connectivity index (χ4n) is 2.50. The summed E-state index contributed by atoms with van der Waals surface area (Å²) in [5.74, 6) is 5.43. The van der Waals surface area contributed by atoms with Crippen molar-refractivity contribution in [3.05, 3.63) is 58.7 Å². The average molecular weight is 397 g/mol. The van der Waals surface area contributed by atoms with E-state index in [9.17, 15) is 18.0 Å². The van der Waals surface area contributed by atoms with Crippen molar-refractivity contribution in [3.63, 3.8) is 0 Å². The van der Waals surface area contributed by atoms with Crippen LogP contribution in [0.15, 0.2) is 41.3 Å². The largest absolute Gasteiger partial charge is 0.416 e. The Hall–Kier alpha value is -2.19. The van der Waals surface area contributed by atoms with Gasteiger partial charge in [0, 0.05) is 23.4 Å². The maximum absolute atomic E-state index is 13.5. The van der Waals surface area contributed by atoms with E-state index in [1.54, 1.807) is 0 Å². The number of halogens is 3. The van der Waals surface area contributed by atoms with E-state index < -0.39 is 17.8 Å². The lowest BCUT2D eigenvalue weighted by atomic mass is 10.1. The molecule has 4 nitrogen and oxygen atoms in total. The average Bonchev–Trinajstić information content (AvgIpc) is 2.60. The van der Waals surface area contributed by atoms with Crippen LogP contribution < -0.4 is 11.2 Å². The zero-order valence-corrected chi connectivity index (χ0v) is 16.2. The lowest BCUT2D eigenvalue weighted by Crippen LogP contribution is -2.37. The topological polar surface area (TPSA) is 58.4 Å². The van der Waals surface area contributed by atoms with Crippen LogP contribution in [0.1, 0.15) is 29.2 Å². The van der Waals surface area contributed by atoms with Crippen LogP contribution >= 0.6 is 11.8 Å². The predicted octanol–water partition coefficient (Wildman–Crippen LogP) is 5.21. The van der Waals surface area contributed by atoms with Gasteiger partial charge in [-0.1, -0.05) is 25.1 Å². The Morgan fingerprint density at radius 1 is 1.26 bits per heavy atom. The molecule has 0 aromatic heterocycles. The Labute approximate surface area is 160 Å². The van der Waals surface area contributed by atoms with Gasteiger partial charge in [-0.2, -0.15) is 13.2 Å². The number of hydrogen-bond acceptors (Lipinski definition) is 3. The molecule has 8 heteroatoms. The van der Waals surface area contributed by atoms with Crippen molar-refractivity contribution in [2.75, 3.05) is 12.4 Å². The maximum atomic E-state index is 13.5. The molecule has 3 N–H and O–H groups in total. The second-order valence-corrected chi connectivity index (χ2v) is 7.13. The van der Waals surface area contributed by atoms with Crippen molar-refractivity contribution in [1.29, 1.82) is 0 Å². The van der Waals surface area contributed by atoms with E-state index in [4.69, 9.17) is 5.84 Å². The number of anilines is 1. The third-order valence-corrected chi connectivity index (χ3v) is 5.26. The molecule has 0 aliphatic carbocycles. The summed E-state index contributed by atoms with van der Waals surface area (Å²) >= 11 is 1.31. The smallest absolute Gasteiger partial charge is 0.306 e. The summed E-state index contributed by atoms with van der Waals surface area (Å²) < 4.78 is 40.5. The number of nitrogens with zero attached hydrogens (tertiary/aromatic N) is 1. The van der Waals surface area contributed by atoms with Crippen molar-refractivity contribution in [3.8, 4) is 0 Å². The molecule has 2 rings (SSSR count). The summed E-state index contributed by atoms with van der Waals surface area (Å²) in [5, 5.41) is 3.23. The van der Waals surface area contributed by atoms with E-state index in [1.165, 1.54) is 30.9 Å². The number of amides is 2. The number of urea groups is 1. The first-order chi connectivity index (χ1) is 12.6. The fourth-order valence-corrected chi connectivity index (χ4v) is 3.64. The number of rotatable bonds is 5. The molecule has 0 bridgehead atoms. The van der Waals surface area contributed by atoms with Gasteiger partial charge in [0.15, 0.2) is 0 Å². The first-order valence-electron chi connectivity index (χ1n) is 8.34. The molecule has 0 radical (unpaired) electrons. The van der Waals surface area contributed by atoms with Gasteiger partial charge >= 0.3 is 12.2 Å². The van der Waals surface area contributed by atoms with Gasteiger partial charge in [0.2, 0.25) is 0 Å². The molecule has 0 atom stereocenters. The Morgan fingerprint density at radius 3 is 2.56 bits per heavy atom. The number of carbonyl (C=O) groups excluding carboxylic acids is 1. The number of nitrogens with one attached hydrogen (secondary N) is 1. The Kier molecular flexibility index (Phi) is 6.78. The highest BCUT2D eigenvalue weighted by molar-refractivity contribution is 7.98. The molecular weight excluding hydrogens is 375 g/mol. The van der Waals surface area contributed by atoms with Gasteiger partial charge in [-0.25, -0.2) is 10.6 Å². The lowest BCUT2D eigenvalue weighted by Gasteiger charge is -2.19. The van der Waals surface area contributed by atoms with Crippen LogP contribution in [-0.2, 0) is 18.3 Å². The highest BCUT2D eigenvalue weighted by Gasteiger charge is 2.34. The second kappa shape index (κ2) is 8.67. The molecular formula is C19H22F3N3OS. The SMILES string of the molecule is CCc1ccc(C)c(SCc2c(NC(=O)N(C)N)cccc2C(F)(F)F)c1. The van der Waals surface area contributed by atoms with Crippen LogP contribution in [0.4, 0.5) is 23.7 Å². The predicted molar refractivity (Wildman–Crippen MR) is 103 cm³/mol. The highest BCUT2D eigenvalue weighted by Crippen LogP contribution is 2.39. The Balaban J connectivity index is 2.39. The van der Waals surface area contributed by atoms with E-state index in [-0.39, 0.29) is 17.0 Å². The Morgan fingerprint density at radius 2 is 1.96 bits per heavy atom. The summed E-state index contributed by atoms with van der Waals surface area (Å²) in [7, 11) is 1.32. The first-order valence-corrected chi connectivity index (χ1v) is 9.32. The summed E-state index contributed by atoms with van der Waals surface area (Å²) in [4.78, 5) is 12.8. The molecule has 0 heterocycles. The zero-order chi connectivity index (χ0) is 20.2. The van der Waals surface area contributed by atoms with Crippen LogP contribution in [0, 0.1) is 6.92 Å². The van der Waals surface area contributed by atoms with Crippen molar-refractivity contribution >= 4 is 23.5 Å². The van der Waals surface area contributed by atoms with Gasteiger partial charge in [-0.15, -0.1) is 11.8 Å². The van der Waals surface area contributed by atoms with Crippen LogP contribution in [0.3, 0.4) is 0 Å². The number of nitrogens with two attached hydrogens (primary N) is 1. The lowest BCUT2D eigenvalue weighted by molar-refractivity contribution is -0.138. The third-order valence-electron chi connectivity index (χ3n) is 4.08. The van der Waals surface area contributed by atoms with Gasteiger partial charge in [0.1, 0.15) is 0 Å².